The van der Waals surface area contributed by atoms with Gasteiger partial charge in [-0.2, -0.15) is 0 Å². The molecule has 3 saturated heterocycles. The zero-order valence-electron chi connectivity index (χ0n) is 19.0. The second-order valence-corrected chi connectivity index (χ2v) is 9.93. The molecule has 2 amide bonds. The van der Waals surface area contributed by atoms with Crippen molar-refractivity contribution in [3.8, 4) is 0 Å². The van der Waals surface area contributed by atoms with Crippen molar-refractivity contribution >= 4 is 11.8 Å². The molecule has 0 radical (unpaired) electrons. The highest BCUT2D eigenvalue weighted by Crippen LogP contribution is 2.31. The Kier molecular flexibility index (Phi) is 6.01. The molecule has 2 bridgehead atoms. The fourth-order valence-electron chi connectivity index (χ4n) is 5.78. The summed E-state index contributed by atoms with van der Waals surface area (Å²) < 4.78 is 0. The van der Waals surface area contributed by atoms with Crippen molar-refractivity contribution in [1.82, 2.24) is 14.7 Å². The average Bonchev–Trinajstić information content (AvgIpc) is 3.19. The SMILES string of the molecule is Cc1ccc(CN2CCCC2=O)cc1C(=O)N1CC2CC(CN(Cc3ccccc3)C2)C1. The molecule has 168 valence electrons. The minimum Gasteiger partial charge on any atom is -0.338 e. The van der Waals surface area contributed by atoms with Gasteiger partial charge >= 0.3 is 0 Å². The predicted octanol–water partition coefficient (Wildman–Crippen LogP) is 3.71. The molecule has 3 aliphatic heterocycles. The first-order chi connectivity index (χ1) is 15.5. The van der Waals surface area contributed by atoms with Gasteiger partial charge in [-0.1, -0.05) is 42.5 Å². The van der Waals surface area contributed by atoms with Crippen molar-refractivity contribution in [3.05, 3.63) is 70.8 Å². The van der Waals surface area contributed by atoms with Crippen LogP contribution in [-0.2, 0) is 17.9 Å². The molecule has 0 spiro atoms. The summed E-state index contributed by atoms with van der Waals surface area (Å²) in [6.07, 6.45) is 2.81. The quantitative estimate of drug-likeness (QED) is 0.725. The standard InChI is InChI=1S/C27H33N3O2/c1-20-9-10-22(17-29-11-5-8-26(29)31)13-25(20)27(32)30-18-23-12-24(19-30)16-28(15-23)14-21-6-3-2-4-7-21/h2-4,6-7,9-10,13,23-24H,5,8,11-12,14-19H2,1H3. The van der Waals surface area contributed by atoms with E-state index in [0.29, 0.717) is 24.8 Å². The third kappa shape index (κ3) is 4.58. The lowest BCUT2D eigenvalue weighted by Crippen LogP contribution is -2.53. The van der Waals surface area contributed by atoms with Gasteiger partial charge in [-0.25, -0.2) is 0 Å². The Morgan fingerprint density at radius 1 is 0.938 bits per heavy atom. The van der Waals surface area contributed by atoms with Crippen molar-refractivity contribution in [1.29, 1.82) is 0 Å². The summed E-state index contributed by atoms with van der Waals surface area (Å²) in [6, 6.07) is 16.8. The van der Waals surface area contributed by atoms with E-state index in [4.69, 9.17) is 0 Å². The van der Waals surface area contributed by atoms with Crippen molar-refractivity contribution in [2.24, 2.45) is 11.8 Å². The largest absolute Gasteiger partial charge is 0.338 e. The first kappa shape index (κ1) is 21.2. The number of fused-ring (bicyclic) bond motifs is 2. The van der Waals surface area contributed by atoms with Gasteiger partial charge in [-0.15, -0.1) is 0 Å². The second-order valence-electron chi connectivity index (χ2n) is 9.93. The van der Waals surface area contributed by atoms with Gasteiger partial charge < -0.3 is 9.80 Å². The van der Waals surface area contributed by atoms with Crippen LogP contribution in [0.2, 0.25) is 0 Å². The maximum Gasteiger partial charge on any atom is 0.254 e. The Hall–Kier alpha value is -2.66. The number of amides is 2. The van der Waals surface area contributed by atoms with Gasteiger partial charge in [0, 0.05) is 57.8 Å². The third-order valence-electron chi connectivity index (χ3n) is 7.27. The highest BCUT2D eigenvalue weighted by Gasteiger charge is 2.36. The number of hydrogen-bond acceptors (Lipinski definition) is 3. The van der Waals surface area contributed by atoms with E-state index in [-0.39, 0.29) is 11.8 Å². The first-order valence-electron chi connectivity index (χ1n) is 12.0. The number of carbonyl (C=O) groups excluding carboxylic acids is 2. The molecule has 5 heteroatoms. The number of hydrogen-bond donors (Lipinski definition) is 0. The maximum atomic E-state index is 13.5. The Morgan fingerprint density at radius 2 is 1.69 bits per heavy atom. The molecule has 0 N–H and O–H groups in total. The molecule has 2 unspecified atom stereocenters. The molecule has 2 aromatic rings. The van der Waals surface area contributed by atoms with Gasteiger partial charge in [0.2, 0.25) is 5.91 Å². The lowest BCUT2D eigenvalue weighted by Gasteiger charge is -2.46. The van der Waals surface area contributed by atoms with E-state index in [1.807, 2.05) is 24.0 Å². The summed E-state index contributed by atoms with van der Waals surface area (Å²) in [5.41, 5.74) is 4.24. The monoisotopic (exact) mass is 431 g/mol. The topological polar surface area (TPSA) is 43.9 Å². The third-order valence-corrected chi connectivity index (χ3v) is 7.27. The van der Waals surface area contributed by atoms with E-state index in [0.717, 1.165) is 62.4 Å². The number of rotatable bonds is 5. The summed E-state index contributed by atoms with van der Waals surface area (Å²) >= 11 is 0. The van der Waals surface area contributed by atoms with Gasteiger partial charge in [0.15, 0.2) is 0 Å². The average molecular weight is 432 g/mol. The molecule has 3 fully saturated rings. The summed E-state index contributed by atoms with van der Waals surface area (Å²) in [5.74, 6) is 1.47. The number of piperidine rings is 2. The molecule has 32 heavy (non-hydrogen) atoms. The minimum atomic E-state index is 0.156. The summed E-state index contributed by atoms with van der Waals surface area (Å²) in [4.78, 5) is 32.1. The van der Waals surface area contributed by atoms with Crippen LogP contribution in [0.4, 0.5) is 0 Å². The number of aryl methyl sites for hydroxylation is 1. The summed E-state index contributed by atoms with van der Waals surface area (Å²) in [7, 11) is 0. The van der Waals surface area contributed by atoms with Crippen molar-refractivity contribution in [2.75, 3.05) is 32.7 Å². The van der Waals surface area contributed by atoms with Crippen LogP contribution >= 0.6 is 0 Å². The van der Waals surface area contributed by atoms with Crippen LogP contribution in [0.1, 0.15) is 46.3 Å². The van der Waals surface area contributed by atoms with Crippen molar-refractivity contribution < 1.29 is 9.59 Å². The normalized spacial score (nSPS) is 23.6. The first-order valence-corrected chi connectivity index (χ1v) is 12.0. The Labute approximate surface area is 191 Å². The number of nitrogens with zero attached hydrogens (tertiary/aromatic N) is 3. The van der Waals surface area contributed by atoms with Gasteiger partial charge in [-0.3, -0.25) is 14.5 Å². The summed E-state index contributed by atoms with van der Waals surface area (Å²) in [5, 5.41) is 0. The molecule has 5 nitrogen and oxygen atoms in total. The number of likely N-dealkylation sites (tertiary alicyclic amines) is 3. The van der Waals surface area contributed by atoms with E-state index in [9.17, 15) is 9.59 Å². The Bertz CT molecular complexity index is 976. The Morgan fingerprint density at radius 3 is 2.38 bits per heavy atom. The van der Waals surface area contributed by atoms with Crippen molar-refractivity contribution in [2.45, 2.75) is 39.3 Å². The van der Waals surface area contributed by atoms with Crippen LogP contribution in [0, 0.1) is 18.8 Å². The molecule has 3 heterocycles. The Balaban J connectivity index is 1.25. The van der Waals surface area contributed by atoms with E-state index in [1.165, 1.54) is 12.0 Å². The van der Waals surface area contributed by atoms with E-state index in [1.54, 1.807) is 0 Å². The van der Waals surface area contributed by atoms with Gasteiger partial charge in [0.1, 0.15) is 0 Å². The lowest BCUT2D eigenvalue weighted by molar-refractivity contribution is -0.128. The summed E-state index contributed by atoms with van der Waals surface area (Å²) in [6.45, 7) is 8.26. The van der Waals surface area contributed by atoms with Gasteiger partial charge in [-0.05, 0) is 54.4 Å². The number of benzene rings is 2. The van der Waals surface area contributed by atoms with Gasteiger partial charge in [0.05, 0.1) is 0 Å². The molecule has 2 atom stereocenters. The fourth-order valence-corrected chi connectivity index (χ4v) is 5.78. The van der Waals surface area contributed by atoms with E-state index in [2.05, 4.69) is 46.2 Å². The zero-order valence-corrected chi connectivity index (χ0v) is 19.0. The molecule has 3 aliphatic rings. The van der Waals surface area contributed by atoms with Crippen LogP contribution in [-0.4, -0.2) is 59.2 Å². The van der Waals surface area contributed by atoms with Crippen LogP contribution in [0.5, 0.6) is 0 Å². The molecule has 0 aliphatic carbocycles. The molecule has 5 rings (SSSR count). The van der Waals surface area contributed by atoms with Crippen LogP contribution < -0.4 is 0 Å². The zero-order chi connectivity index (χ0) is 22.1. The molecular weight excluding hydrogens is 398 g/mol. The highest BCUT2D eigenvalue weighted by atomic mass is 16.2. The maximum absolute atomic E-state index is 13.5. The predicted molar refractivity (Wildman–Crippen MR) is 125 cm³/mol. The van der Waals surface area contributed by atoms with Crippen LogP contribution in [0.15, 0.2) is 48.5 Å². The van der Waals surface area contributed by atoms with E-state index < -0.39 is 0 Å². The molecule has 0 saturated carbocycles. The van der Waals surface area contributed by atoms with Crippen LogP contribution in [0.25, 0.3) is 0 Å². The highest BCUT2D eigenvalue weighted by molar-refractivity contribution is 5.96. The van der Waals surface area contributed by atoms with Gasteiger partial charge in [0.25, 0.3) is 5.91 Å². The van der Waals surface area contributed by atoms with Crippen molar-refractivity contribution in [3.63, 3.8) is 0 Å². The van der Waals surface area contributed by atoms with E-state index >= 15 is 0 Å². The lowest BCUT2D eigenvalue weighted by atomic mass is 9.84. The minimum absolute atomic E-state index is 0.156. The smallest absolute Gasteiger partial charge is 0.254 e. The molecular formula is C27H33N3O2. The number of carbonyl (C=O) groups is 2. The fraction of sp³-hybridized carbons (Fsp3) is 0.481. The second kappa shape index (κ2) is 9.07. The molecule has 0 aromatic heterocycles. The van der Waals surface area contributed by atoms with Crippen LogP contribution in [0.3, 0.4) is 0 Å². The molecule has 2 aromatic carbocycles.